The predicted molar refractivity (Wildman–Crippen MR) is 528 cm³/mol. The van der Waals surface area contributed by atoms with Crippen molar-refractivity contribution in [3.05, 3.63) is 48.6 Å². The average molecular weight is 1870 g/mol. The number of aliphatic hydroxyl groups excluding tert-OH is 1. The number of allylic oxidation sites excluding steroid dienone is 4. The molecule has 772 valence electrons. The molecule has 0 aromatic heterocycles. The van der Waals surface area contributed by atoms with Crippen LogP contribution in [0.3, 0.4) is 0 Å². The summed E-state index contributed by atoms with van der Waals surface area (Å²) < 4.78 is 53.3. The van der Waals surface area contributed by atoms with Gasteiger partial charge in [0, 0.05) is 70.5 Å². The molecule has 6 atom stereocenters. The number of carbonyl (C=O) groups is 7. The topological polar surface area (TPSA) is 371 Å². The first-order valence-electron chi connectivity index (χ1n) is 47.8. The van der Waals surface area contributed by atoms with E-state index in [1.807, 2.05) is 52.1 Å². The maximum Gasteiger partial charge on any atom is 0.317 e. The first kappa shape index (κ1) is 132. The number of ether oxygens (including phenoxy) is 10. The molecular formula is C102H198N8O21. The number of hydrogen-bond donors (Lipinski definition) is 7. The van der Waals surface area contributed by atoms with Crippen LogP contribution in [0.1, 0.15) is 255 Å². The number of aliphatic hydroxyl groups is 1. The second-order valence-electron chi connectivity index (χ2n) is 45.5. The number of quaternary nitrogens is 1. The number of hydrogen-bond acceptors (Lipinski definition) is 24. The minimum Gasteiger partial charge on any atom is -0.550 e. The van der Waals surface area contributed by atoms with Gasteiger partial charge in [-0.25, -0.2) is 0 Å². The highest BCUT2D eigenvalue weighted by atomic mass is 16.6. The van der Waals surface area contributed by atoms with Crippen molar-refractivity contribution in [2.24, 2.45) is 72.7 Å². The second-order valence-corrected chi connectivity index (χ2v) is 45.5. The fraction of sp³-hybridized carbons (Fsp3) is 0.853. The van der Waals surface area contributed by atoms with Crippen LogP contribution in [-0.4, -0.2) is 323 Å². The summed E-state index contributed by atoms with van der Waals surface area (Å²) in [6.07, 6.45) is 9.93. The van der Waals surface area contributed by atoms with E-state index >= 15 is 0 Å². The number of carboxylic acids is 3. The van der Waals surface area contributed by atoms with E-state index in [0.29, 0.717) is 177 Å². The van der Waals surface area contributed by atoms with E-state index in [9.17, 15) is 54.0 Å². The summed E-state index contributed by atoms with van der Waals surface area (Å²) in [6.45, 7) is 81.1. The van der Waals surface area contributed by atoms with Crippen LogP contribution < -0.4 is 26.8 Å². The van der Waals surface area contributed by atoms with Crippen molar-refractivity contribution in [2.45, 2.75) is 267 Å². The third-order valence-corrected chi connectivity index (χ3v) is 20.1. The highest BCUT2D eigenvalue weighted by Gasteiger charge is 2.36. The number of carbonyl (C=O) groups excluding carboxylic acids is 5. The van der Waals surface area contributed by atoms with E-state index in [2.05, 4.69) is 211 Å². The number of rotatable bonds is 67. The smallest absolute Gasteiger partial charge is 0.317 e. The number of epoxide rings is 1. The molecule has 6 unspecified atom stereocenters. The van der Waals surface area contributed by atoms with Gasteiger partial charge in [-0.3, -0.25) is 28.8 Å². The Hall–Kier alpha value is -5.19. The Morgan fingerprint density at radius 2 is 0.771 bits per heavy atom. The fourth-order valence-electron chi connectivity index (χ4n) is 16.8. The molecule has 2 heterocycles. The highest BCUT2D eigenvalue weighted by Crippen LogP contribution is 2.43. The van der Waals surface area contributed by atoms with Crippen LogP contribution in [-0.2, 0) is 80.9 Å². The minimum absolute atomic E-state index is 0.0359. The molecule has 29 nitrogen and oxygen atoms in total. The van der Waals surface area contributed by atoms with E-state index in [1.165, 1.54) is 0 Å². The van der Waals surface area contributed by atoms with Crippen LogP contribution in [0.4, 0.5) is 0 Å². The summed E-state index contributed by atoms with van der Waals surface area (Å²) in [6, 6.07) is 0. The zero-order chi connectivity index (χ0) is 102. The predicted octanol–water partition coefficient (Wildman–Crippen LogP) is 13.6. The molecule has 0 spiro atoms. The van der Waals surface area contributed by atoms with Crippen molar-refractivity contribution in [1.82, 2.24) is 30.7 Å². The second kappa shape index (κ2) is 70.4. The van der Waals surface area contributed by atoms with Gasteiger partial charge in [0.15, 0.2) is 0 Å². The van der Waals surface area contributed by atoms with E-state index in [1.54, 1.807) is 6.92 Å². The van der Waals surface area contributed by atoms with Crippen molar-refractivity contribution in [1.29, 1.82) is 0 Å². The molecule has 2 amide bonds. The Kier molecular flexibility index (Phi) is 71.0. The molecular weight excluding hydrogens is 1670 g/mol. The van der Waals surface area contributed by atoms with Crippen molar-refractivity contribution in [3.8, 4) is 0 Å². The summed E-state index contributed by atoms with van der Waals surface area (Å²) in [5.41, 5.74) is 10.2. The van der Waals surface area contributed by atoms with Crippen LogP contribution >= 0.6 is 0 Å². The lowest BCUT2D eigenvalue weighted by Gasteiger charge is -2.34. The first-order chi connectivity index (χ1) is 60.1. The zero-order valence-electron chi connectivity index (χ0n) is 88.8. The molecule has 0 aromatic rings. The number of likely N-dealkylation sites (N-methyl/N-ethyl adjacent to an activating group) is 4. The molecule has 131 heavy (non-hydrogen) atoms. The van der Waals surface area contributed by atoms with Crippen molar-refractivity contribution < 1.29 is 106 Å². The Morgan fingerprint density at radius 1 is 0.473 bits per heavy atom. The highest BCUT2D eigenvalue weighted by molar-refractivity contribution is 5.94. The molecule has 0 aliphatic carbocycles. The maximum absolute atomic E-state index is 12.2. The van der Waals surface area contributed by atoms with Gasteiger partial charge in [0.1, 0.15) is 19.2 Å². The lowest BCUT2D eigenvalue weighted by atomic mass is 9.72. The molecule has 2 fully saturated rings. The number of aliphatic carboxylic acids is 3. The molecule has 0 radical (unpaired) electrons. The molecule has 0 aromatic carbocycles. The fourth-order valence-corrected chi connectivity index (χ4v) is 16.8. The Labute approximate surface area is 797 Å². The molecule has 0 saturated carbocycles. The molecule has 2 aliphatic rings. The van der Waals surface area contributed by atoms with Gasteiger partial charge in [-0.15, -0.1) is 0 Å². The molecule has 2 saturated heterocycles. The van der Waals surface area contributed by atoms with Gasteiger partial charge < -0.3 is 113 Å². The molecule has 2 aliphatic heterocycles. The summed E-state index contributed by atoms with van der Waals surface area (Å²) in [5.74, 6) is -6.63. The number of amides is 2. The largest absolute Gasteiger partial charge is 0.550 e. The van der Waals surface area contributed by atoms with E-state index in [-0.39, 0.29) is 92.4 Å². The number of nitrogens with one attached hydrogen (secondary N) is 3. The van der Waals surface area contributed by atoms with E-state index < -0.39 is 41.6 Å². The van der Waals surface area contributed by atoms with E-state index in [0.717, 1.165) is 118 Å². The van der Waals surface area contributed by atoms with Crippen molar-refractivity contribution >= 4 is 41.7 Å². The number of cyclic esters (lactones) is 2. The number of esters is 2. The lowest BCUT2D eigenvalue weighted by Crippen LogP contribution is -2.46. The van der Waals surface area contributed by atoms with Crippen LogP contribution in [0, 0.1) is 67.0 Å². The molecule has 29 heteroatoms. The van der Waals surface area contributed by atoms with Crippen molar-refractivity contribution in [2.75, 3.05) is 234 Å². The Morgan fingerprint density at radius 3 is 1.05 bits per heavy atom. The zero-order valence-corrected chi connectivity index (χ0v) is 88.8. The van der Waals surface area contributed by atoms with Crippen LogP contribution in [0.2, 0.25) is 0 Å². The summed E-state index contributed by atoms with van der Waals surface area (Å²) >= 11 is 0. The minimum atomic E-state index is -1.000. The third-order valence-electron chi connectivity index (χ3n) is 20.1. The van der Waals surface area contributed by atoms with Crippen LogP contribution in [0.5, 0.6) is 0 Å². The number of carboxylic acid groups (broad SMARTS) is 3. The SMILES string of the molecule is C=C(CC(CC(=O)NCCOCCOCCN(C)C)C(=O)O)CC(C)(C)CC(C)(C)C.C=C(CC(CC(=O)NCCOCCOCCN(C)C)C(=O)O)CC(C)(C)CC(C)(C)C.C=C(CC(CCNCCOCCOCC[N+](C)(C)CC(C)O)C(=O)[O-])CC(C)(C)CC(C)(C)C.C=C(CC1CC(=O)OC1=O)CC(C)(C)CC(C)(C)C.CC1CO1.CN(C)CCOCCOCCN. The van der Waals surface area contributed by atoms with Gasteiger partial charge >= 0.3 is 23.9 Å². The van der Waals surface area contributed by atoms with Gasteiger partial charge in [-0.05, 0) is 189 Å². The van der Waals surface area contributed by atoms with E-state index in [4.69, 9.17) is 48.4 Å². The Bertz CT molecular complexity index is 3020. The molecule has 2 rings (SSSR count). The van der Waals surface area contributed by atoms with Crippen LogP contribution in [0.15, 0.2) is 48.6 Å². The first-order valence-corrected chi connectivity index (χ1v) is 47.8. The third kappa shape index (κ3) is 92.3. The Balaban J connectivity index is -0.000000783. The lowest BCUT2D eigenvalue weighted by molar-refractivity contribution is -0.893. The maximum atomic E-state index is 12.2. The van der Waals surface area contributed by atoms with Gasteiger partial charge in [-0.2, -0.15) is 0 Å². The van der Waals surface area contributed by atoms with Gasteiger partial charge in [-0.1, -0.05) is 187 Å². The monoisotopic (exact) mass is 1870 g/mol. The molecule has 0 bridgehead atoms. The van der Waals surface area contributed by atoms with Crippen molar-refractivity contribution in [3.63, 3.8) is 0 Å². The summed E-state index contributed by atoms with van der Waals surface area (Å²) in [4.78, 5) is 87.9. The summed E-state index contributed by atoms with van der Waals surface area (Å²) in [5, 5.41) is 48.9. The van der Waals surface area contributed by atoms with Gasteiger partial charge in [0.25, 0.3) is 0 Å². The average Bonchev–Trinajstić information content (AvgIpc) is 1.82. The van der Waals surface area contributed by atoms with Gasteiger partial charge in [0.05, 0.1) is 157 Å². The normalized spacial score (nSPS) is 15.3. The van der Waals surface area contributed by atoms with Crippen LogP contribution in [0.25, 0.3) is 0 Å². The standard InChI is InChI=1S/C27H54N2O5.2C24H46N2O5.C16H26O3.C8H20N2O2.C3H6O/c1-22(19-27(6,7)21-26(3,4)5)18-24(25(31)32)10-11-28-12-14-33-16-17-34-15-13-29(8,9)20-23(2)30;2*1-19(17-24(5,6)18-23(2,3)4)15-20(22(28)29)16-21(27)25-9-11-30-13-14-31-12-10-26(7)8;1-11(7-12-8-13(17)19-14(12)18)9-16(5,6)10-15(2,3)4;1-10(2)4-6-12-8-7-11-5-3-9;1-3-2-4-3/h23-24,28,30H,1,10-21H2,2-9H3;2*20H,1,9-18H2,2-8H3,(H,25,27)(H,28,29);12H,1,7-10H2,2-6H3;3-9H2,1-2H3;3H,2H2,1H3. The number of nitrogens with two attached hydrogens (primary N) is 1. The quantitative estimate of drug-likeness (QED) is 0.00742. The van der Waals surface area contributed by atoms with Gasteiger partial charge in [0.2, 0.25) is 11.8 Å². The number of nitrogens with zero attached hydrogens (tertiary/aromatic N) is 4. The summed E-state index contributed by atoms with van der Waals surface area (Å²) in [7, 11) is 16.1. The molecule has 8 N–H and O–H groups in total.